The van der Waals surface area contributed by atoms with Crippen LogP contribution in [0.5, 0.6) is 0 Å². The molecular weight excluding hydrogens is 294 g/mol. The third kappa shape index (κ3) is 4.89. The summed E-state index contributed by atoms with van der Waals surface area (Å²) in [4.78, 5) is 0. The van der Waals surface area contributed by atoms with Crippen molar-refractivity contribution in [1.82, 2.24) is 5.32 Å². The molecule has 1 nitrogen and oxygen atoms in total. The number of benzene rings is 1. The van der Waals surface area contributed by atoms with Crippen LogP contribution in [0.1, 0.15) is 18.9 Å². The van der Waals surface area contributed by atoms with E-state index in [-0.39, 0.29) is 0 Å². The number of rotatable bonds is 6. The molecule has 1 aliphatic heterocycles. The minimum Gasteiger partial charge on any atom is -0.313 e. The summed E-state index contributed by atoms with van der Waals surface area (Å²) in [5.41, 5.74) is 1.27. The molecule has 1 N–H and O–H groups in total. The summed E-state index contributed by atoms with van der Waals surface area (Å²) >= 11 is 10.5. The molecule has 1 heterocycles. The lowest BCUT2D eigenvalue weighted by Crippen LogP contribution is -2.43. The smallest absolute Gasteiger partial charge is 0.0438 e. The number of thioether (sulfide) groups is 2. The molecule has 2 rings (SSSR count). The van der Waals surface area contributed by atoms with Crippen molar-refractivity contribution in [2.45, 2.75) is 31.1 Å². The standard InChI is InChI=1S/C15H22ClNS2/c1-2-7-17-14(15-11-18-8-9-19-15)10-12-5-3-4-6-13(12)16/h3-6,14-15,17H,2,7-11H2,1H3. The first-order valence-electron chi connectivity index (χ1n) is 6.97. The van der Waals surface area contributed by atoms with E-state index in [1.54, 1.807) is 0 Å². The summed E-state index contributed by atoms with van der Waals surface area (Å²) in [6.07, 6.45) is 2.22. The Morgan fingerprint density at radius 2 is 2.21 bits per heavy atom. The van der Waals surface area contributed by atoms with E-state index in [2.05, 4.69) is 47.9 Å². The topological polar surface area (TPSA) is 12.0 Å². The molecule has 2 unspecified atom stereocenters. The van der Waals surface area contributed by atoms with Crippen molar-refractivity contribution >= 4 is 35.1 Å². The molecular formula is C15H22ClNS2. The lowest BCUT2D eigenvalue weighted by molar-refractivity contribution is 0.506. The van der Waals surface area contributed by atoms with Gasteiger partial charge in [0.1, 0.15) is 0 Å². The van der Waals surface area contributed by atoms with Crippen molar-refractivity contribution in [1.29, 1.82) is 0 Å². The summed E-state index contributed by atoms with van der Waals surface area (Å²) in [5.74, 6) is 3.84. The van der Waals surface area contributed by atoms with Gasteiger partial charge < -0.3 is 5.32 Å². The Morgan fingerprint density at radius 3 is 2.89 bits per heavy atom. The highest BCUT2D eigenvalue weighted by Crippen LogP contribution is 2.29. The Bertz CT molecular complexity index is 380. The lowest BCUT2D eigenvalue weighted by atomic mass is 10.0. The summed E-state index contributed by atoms with van der Waals surface area (Å²) in [6.45, 7) is 3.32. The van der Waals surface area contributed by atoms with E-state index in [4.69, 9.17) is 11.6 Å². The quantitative estimate of drug-likeness (QED) is 0.849. The lowest BCUT2D eigenvalue weighted by Gasteiger charge is -2.30. The van der Waals surface area contributed by atoms with Crippen LogP contribution in [0, 0.1) is 0 Å². The van der Waals surface area contributed by atoms with E-state index in [0.717, 1.165) is 18.0 Å². The number of halogens is 1. The Kier molecular flexibility index (Phi) is 6.92. The fraction of sp³-hybridized carbons (Fsp3) is 0.600. The van der Waals surface area contributed by atoms with Gasteiger partial charge in [-0.1, -0.05) is 36.7 Å². The molecule has 0 radical (unpaired) electrons. The monoisotopic (exact) mass is 315 g/mol. The molecule has 2 atom stereocenters. The number of nitrogens with one attached hydrogen (secondary N) is 1. The van der Waals surface area contributed by atoms with Gasteiger partial charge in [0.2, 0.25) is 0 Å². The molecule has 1 aromatic carbocycles. The second-order valence-corrected chi connectivity index (χ2v) is 7.74. The van der Waals surface area contributed by atoms with Crippen LogP contribution in [-0.4, -0.2) is 35.1 Å². The van der Waals surface area contributed by atoms with Gasteiger partial charge in [0.25, 0.3) is 0 Å². The molecule has 0 spiro atoms. The molecule has 1 saturated heterocycles. The molecule has 0 amide bonds. The molecule has 106 valence electrons. The second kappa shape index (κ2) is 8.46. The molecule has 1 aliphatic rings. The van der Waals surface area contributed by atoms with Crippen LogP contribution in [-0.2, 0) is 6.42 Å². The van der Waals surface area contributed by atoms with Gasteiger partial charge in [-0.2, -0.15) is 23.5 Å². The highest BCUT2D eigenvalue weighted by Gasteiger charge is 2.24. The van der Waals surface area contributed by atoms with E-state index < -0.39 is 0 Å². The van der Waals surface area contributed by atoms with Crippen LogP contribution in [0.2, 0.25) is 5.02 Å². The van der Waals surface area contributed by atoms with E-state index in [1.165, 1.54) is 29.2 Å². The molecule has 1 fully saturated rings. The van der Waals surface area contributed by atoms with E-state index in [0.29, 0.717) is 11.3 Å². The maximum Gasteiger partial charge on any atom is 0.0438 e. The Hall–Kier alpha value is 0.170. The summed E-state index contributed by atoms with van der Waals surface area (Å²) in [6, 6.07) is 8.78. The van der Waals surface area contributed by atoms with Crippen LogP contribution in [0.3, 0.4) is 0 Å². The van der Waals surface area contributed by atoms with Crippen molar-refractivity contribution in [2.24, 2.45) is 0 Å². The highest BCUT2D eigenvalue weighted by atomic mass is 35.5. The normalized spacial score (nSPS) is 21.3. The van der Waals surface area contributed by atoms with Crippen LogP contribution in [0.4, 0.5) is 0 Å². The van der Waals surface area contributed by atoms with Crippen LogP contribution in [0.25, 0.3) is 0 Å². The van der Waals surface area contributed by atoms with Gasteiger partial charge >= 0.3 is 0 Å². The van der Waals surface area contributed by atoms with Crippen molar-refractivity contribution in [3.63, 3.8) is 0 Å². The maximum absolute atomic E-state index is 6.30. The Balaban J connectivity index is 2.02. The highest BCUT2D eigenvalue weighted by molar-refractivity contribution is 8.06. The van der Waals surface area contributed by atoms with Gasteiger partial charge in [-0.25, -0.2) is 0 Å². The molecule has 4 heteroatoms. The van der Waals surface area contributed by atoms with Crippen molar-refractivity contribution < 1.29 is 0 Å². The van der Waals surface area contributed by atoms with E-state index >= 15 is 0 Å². The zero-order valence-electron chi connectivity index (χ0n) is 11.4. The zero-order valence-corrected chi connectivity index (χ0v) is 13.8. The Morgan fingerprint density at radius 1 is 1.37 bits per heavy atom. The first kappa shape index (κ1) is 15.6. The average molecular weight is 316 g/mol. The second-order valence-electron chi connectivity index (χ2n) is 4.84. The predicted molar refractivity (Wildman–Crippen MR) is 90.8 cm³/mol. The molecule has 19 heavy (non-hydrogen) atoms. The molecule has 0 saturated carbocycles. The molecule has 1 aromatic rings. The van der Waals surface area contributed by atoms with E-state index in [9.17, 15) is 0 Å². The molecule has 0 bridgehead atoms. The van der Waals surface area contributed by atoms with E-state index in [1.807, 2.05) is 12.1 Å². The summed E-state index contributed by atoms with van der Waals surface area (Å²) in [5, 5.41) is 5.33. The SMILES string of the molecule is CCCNC(Cc1ccccc1Cl)C1CSCCS1. The fourth-order valence-corrected chi connectivity index (χ4v) is 5.41. The first-order valence-corrected chi connectivity index (χ1v) is 9.55. The van der Waals surface area contributed by atoms with Gasteiger partial charge in [0, 0.05) is 33.6 Å². The summed E-state index contributed by atoms with van der Waals surface area (Å²) in [7, 11) is 0. The average Bonchev–Trinajstić information content (AvgIpc) is 2.46. The van der Waals surface area contributed by atoms with Gasteiger partial charge in [-0.15, -0.1) is 0 Å². The minimum absolute atomic E-state index is 0.539. The molecule has 0 aliphatic carbocycles. The number of hydrogen-bond donors (Lipinski definition) is 1. The van der Waals surface area contributed by atoms with Gasteiger partial charge in [0.05, 0.1) is 0 Å². The van der Waals surface area contributed by atoms with Crippen molar-refractivity contribution in [2.75, 3.05) is 23.8 Å². The zero-order chi connectivity index (χ0) is 13.5. The van der Waals surface area contributed by atoms with Crippen molar-refractivity contribution in [3.8, 4) is 0 Å². The van der Waals surface area contributed by atoms with Gasteiger partial charge in [-0.05, 0) is 31.0 Å². The van der Waals surface area contributed by atoms with Gasteiger partial charge in [0.15, 0.2) is 0 Å². The first-order chi connectivity index (χ1) is 9.31. The van der Waals surface area contributed by atoms with Crippen LogP contribution in [0.15, 0.2) is 24.3 Å². The Labute approximate surface area is 130 Å². The third-order valence-electron chi connectivity index (χ3n) is 3.34. The van der Waals surface area contributed by atoms with Crippen LogP contribution < -0.4 is 5.32 Å². The van der Waals surface area contributed by atoms with Gasteiger partial charge in [-0.3, -0.25) is 0 Å². The predicted octanol–water partition coefficient (Wildman–Crippen LogP) is 4.10. The largest absolute Gasteiger partial charge is 0.313 e. The maximum atomic E-state index is 6.30. The minimum atomic E-state index is 0.539. The number of hydrogen-bond acceptors (Lipinski definition) is 3. The summed E-state index contributed by atoms with van der Waals surface area (Å²) < 4.78 is 0. The van der Waals surface area contributed by atoms with Crippen LogP contribution >= 0.6 is 35.1 Å². The third-order valence-corrected chi connectivity index (χ3v) is 6.63. The fourth-order valence-electron chi connectivity index (χ4n) is 2.30. The molecule has 0 aromatic heterocycles. The van der Waals surface area contributed by atoms with Crippen molar-refractivity contribution in [3.05, 3.63) is 34.9 Å².